The Bertz CT molecular complexity index is 2120. The molecule has 0 aliphatic carbocycles. The van der Waals surface area contributed by atoms with Crippen molar-refractivity contribution >= 4 is 43.1 Å². The van der Waals surface area contributed by atoms with Crippen LogP contribution in [0.3, 0.4) is 0 Å². The molecule has 0 amide bonds. The molecule has 0 spiro atoms. The van der Waals surface area contributed by atoms with Crippen molar-refractivity contribution in [3.8, 4) is 0 Å². The zero-order valence-corrected chi connectivity index (χ0v) is 26.1. The van der Waals surface area contributed by atoms with E-state index in [4.69, 9.17) is 0 Å². The molecule has 0 saturated carbocycles. The summed E-state index contributed by atoms with van der Waals surface area (Å²) in [5.41, 5.74) is -2.70. The largest absolute Gasteiger partial charge is 0.387 e. The third-order valence-corrected chi connectivity index (χ3v) is 9.91. The molecule has 0 radical (unpaired) electrons. The van der Waals surface area contributed by atoms with Crippen molar-refractivity contribution in [1.29, 1.82) is 0 Å². The number of benzene rings is 8. The van der Waals surface area contributed by atoms with Crippen LogP contribution in [0.5, 0.6) is 0 Å². The zero-order valence-electron chi connectivity index (χ0n) is 26.1. The lowest BCUT2D eigenvalue weighted by Gasteiger charge is -2.43. The molecule has 2 atom stereocenters. The highest BCUT2D eigenvalue weighted by Crippen LogP contribution is 2.44. The van der Waals surface area contributed by atoms with E-state index in [0.717, 1.165) is 43.1 Å². The van der Waals surface area contributed by atoms with Gasteiger partial charge in [-0.05, 0) is 89.6 Å². The van der Waals surface area contributed by atoms with Gasteiger partial charge < -0.3 is 20.4 Å². The van der Waals surface area contributed by atoms with Gasteiger partial charge in [0, 0.05) is 0 Å². The molecule has 0 aliphatic rings. The van der Waals surface area contributed by atoms with Gasteiger partial charge in [-0.15, -0.1) is 0 Å². The lowest BCUT2D eigenvalue weighted by atomic mass is 9.71. The van der Waals surface area contributed by atoms with Crippen LogP contribution in [0.25, 0.3) is 43.1 Å². The van der Waals surface area contributed by atoms with E-state index >= 15 is 0 Å². The van der Waals surface area contributed by atoms with E-state index in [9.17, 15) is 20.4 Å². The van der Waals surface area contributed by atoms with E-state index < -0.39 is 23.4 Å². The molecular weight excluding hydrogens is 592 g/mol. The fourth-order valence-electron chi connectivity index (χ4n) is 7.18. The molecule has 0 fully saturated rings. The summed E-state index contributed by atoms with van der Waals surface area (Å²) in [6.45, 7) is 0. The summed E-state index contributed by atoms with van der Waals surface area (Å²) < 4.78 is 0. The lowest BCUT2D eigenvalue weighted by molar-refractivity contribution is -0.166. The van der Waals surface area contributed by atoms with Crippen molar-refractivity contribution in [2.24, 2.45) is 0 Å². The zero-order chi connectivity index (χ0) is 32.9. The first-order valence-corrected chi connectivity index (χ1v) is 16.1. The minimum Gasteiger partial charge on any atom is -0.387 e. The van der Waals surface area contributed by atoms with Gasteiger partial charge in [-0.1, -0.05) is 146 Å². The SMILES string of the molecule is OC(C(O)C(O)(c1ccc2ccccc2c1)c1ccc2ccccc2c1)C(O)(c1ccc2ccccc2c1)c1ccc2ccccc2c1. The highest BCUT2D eigenvalue weighted by molar-refractivity contribution is 5.87. The van der Waals surface area contributed by atoms with Gasteiger partial charge in [-0.2, -0.15) is 0 Å². The molecule has 4 N–H and O–H groups in total. The Hall–Kier alpha value is -5.36. The van der Waals surface area contributed by atoms with Crippen molar-refractivity contribution < 1.29 is 20.4 Å². The average molecular weight is 627 g/mol. The Morgan fingerprint density at radius 2 is 0.500 bits per heavy atom. The van der Waals surface area contributed by atoms with Gasteiger partial charge in [0.25, 0.3) is 0 Å². The number of hydrogen-bond acceptors (Lipinski definition) is 4. The van der Waals surface area contributed by atoms with E-state index in [1.807, 2.05) is 146 Å². The third kappa shape index (κ3) is 4.86. The van der Waals surface area contributed by atoms with Crippen LogP contribution in [0, 0.1) is 0 Å². The van der Waals surface area contributed by atoms with Crippen molar-refractivity contribution in [2.45, 2.75) is 23.4 Å². The topological polar surface area (TPSA) is 80.9 Å². The Labute approximate surface area is 278 Å². The van der Waals surface area contributed by atoms with Crippen LogP contribution in [-0.2, 0) is 11.2 Å². The molecule has 8 rings (SSSR count). The van der Waals surface area contributed by atoms with Crippen molar-refractivity contribution in [2.75, 3.05) is 0 Å². The van der Waals surface area contributed by atoms with Crippen LogP contribution in [-0.4, -0.2) is 32.6 Å². The van der Waals surface area contributed by atoms with Gasteiger partial charge >= 0.3 is 0 Å². The van der Waals surface area contributed by atoms with Crippen LogP contribution in [0.2, 0.25) is 0 Å². The summed E-state index contributed by atoms with van der Waals surface area (Å²) >= 11 is 0. The number of fused-ring (bicyclic) bond motifs is 4. The maximum atomic E-state index is 13.0. The molecule has 0 aromatic heterocycles. The molecule has 4 nitrogen and oxygen atoms in total. The highest BCUT2D eigenvalue weighted by Gasteiger charge is 2.52. The summed E-state index contributed by atoms with van der Waals surface area (Å²) in [5.74, 6) is 0. The van der Waals surface area contributed by atoms with Crippen molar-refractivity contribution in [3.05, 3.63) is 192 Å². The maximum Gasteiger partial charge on any atom is 0.143 e. The first kappa shape index (κ1) is 30.0. The van der Waals surface area contributed by atoms with E-state index in [-0.39, 0.29) is 0 Å². The summed E-state index contributed by atoms with van der Waals surface area (Å²) in [6.07, 6.45) is -3.77. The number of hydrogen-bond donors (Lipinski definition) is 4. The predicted molar refractivity (Wildman–Crippen MR) is 194 cm³/mol. The molecule has 2 unspecified atom stereocenters. The molecule has 8 aromatic carbocycles. The second-order valence-corrected chi connectivity index (χ2v) is 12.7. The van der Waals surface area contributed by atoms with E-state index in [2.05, 4.69) is 0 Å². The molecule has 4 heteroatoms. The molecule has 0 heterocycles. The second-order valence-electron chi connectivity index (χ2n) is 12.7. The van der Waals surface area contributed by atoms with Crippen molar-refractivity contribution in [1.82, 2.24) is 0 Å². The van der Waals surface area contributed by atoms with Gasteiger partial charge in [-0.25, -0.2) is 0 Å². The van der Waals surface area contributed by atoms with Crippen LogP contribution in [0.15, 0.2) is 170 Å². The Morgan fingerprint density at radius 3 is 0.729 bits per heavy atom. The summed E-state index contributed by atoms with van der Waals surface area (Å²) in [6, 6.07) is 53.3. The molecule has 0 saturated heterocycles. The normalized spacial score (nSPS) is 13.7. The predicted octanol–water partition coefficient (Wildman–Crippen LogP) is 8.19. The summed E-state index contributed by atoms with van der Waals surface area (Å²) in [5, 5.41) is 58.4. The monoisotopic (exact) mass is 626 g/mol. The standard InChI is InChI=1S/C44H34O4/c45-41(43(47,37-21-17-29-9-1-5-13-33(29)25-37)38-22-18-30-10-2-6-14-34(30)26-38)42(46)44(48,39-23-19-31-11-3-7-15-35(31)27-39)40-24-20-32-12-4-8-16-36(32)28-40/h1-28,41-42,45-48H. The smallest absolute Gasteiger partial charge is 0.143 e. The first-order valence-electron chi connectivity index (χ1n) is 16.1. The molecule has 48 heavy (non-hydrogen) atoms. The Balaban J connectivity index is 1.35. The minimum atomic E-state index is -2.13. The fraction of sp³-hybridized carbons (Fsp3) is 0.0909. The third-order valence-electron chi connectivity index (χ3n) is 9.91. The van der Waals surface area contributed by atoms with Crippen molar-refractivity contribution in [3.63, 3.8) is 0 Å². The first-order chi connectivity index (χ1) is 23.4. The van der Waals surface area contributed by atoms with Crippen LogP contribution in [0.1, 0.15) is 22.3 Å². The second kappa shape index (κ2) is 11.7. The maximum absolute atomic E-state index is 13.0. The van der Waals surface area contributed by atoms with E-state index in [0.29, 0.717) is 22.3 Å². The quantitative estimate of drug-likeness (QED) is 0.144. The Kier molecular flexibility index (Phi) is 7.32. The van der Waals surface area contributed by atoms with Crippen LogP contribution >= 0.6 is 0 Å². The molecule has 234 valence electrons. The summed E-state index contributed by atoms with van der Waals surface area (Å²) in [7, 11) is 0. The average Bonchev–Trinajstić information content (AvgIpc) is 3.15. The van der Waals surface area contributed by atoms with Crippen LogP contribution < -0.4 is 0 Å². The highest BCUT2D eigenvalue weighted by atomic mass is 16.4. The number of aliphatic hydroxyl groups is 4. The number of aliphatic hydroxyl groups excluding tert-OH is 2. The van der Waals surface area contributed by atoms with Gasteiger partial charge in [0.1, 0.15) is 23.4 Å². The molecule has 0 bridgehead atoms. The molecular formula is C44H34O4. The van der Waals surface area contributed by atoms with E-state index in [1.54, 1.807) is 24.3 Å². The van der Waals surface area contributed by atoms with E-state index in [1.165, 1.54) is 0 Å². The van der Waals surface area contributed by atoms with Gasteiger partial charge in [0.05, 0.1) is 0 Å². The van der Waals surface area contributed by atoms with Gasteiger partial charge in [-0.3, -0.25) is 0 Å². The molecule has 0 aliphatic heterocycles. The minimum absolute atomic E-state index is 0.391. The van der Waals surface area contributed by atoms with Gasteiger partial charge in [0.15, 0.2) is 0 Å². The lowest BCUT2D eigenvalue weighted by Crippen LogP contribution is -2.56. The fourth-order valence-corrected chi connectivity index (χ4v) is 7.18. The molecule has 8 aromatic rings. The number of rotatable bonds is 7. The van der Waals surface area contributed by atoms with Crippen LogP contribution in [0.4, 0.5) is 0 Å². The van der Waals surface area contributed by atoms with Gasteiger partial charge in [0.2, 0.25) is 0 Å². The Morgan fingerprint density at radius 1 is 0.292 bits per heavy atom. The summed E-state index contributed by atoms with van der Waals surface area (Å²) in [4.78, 5) is 0.